The molecule has 0 aliphatic carbocycles. The van der Waals surface area contributed by atoms with E-state index in [1.807, 2.05) is 121 Å². The van der Waals surface area contributed by atoms with Crippen LogP contribution in [0.5, 0.6) is 0 Å². The second-order valence-electron chi connectivity index (χ2n) is 16.3. The molecule has 0 N–H and O–H groups in total. The van der Waals surface area contributed by atoms with Crippen LogP contribution in [0.3, 0.4) is 0 Å². The molecule has 3 aliphatic rings. The fraction of sp³-hybridized carbons (Fsp3) is 0.333. The van der Waals surface area contributed by atoms with Crippen molar-refractivity contribution >= 4 is 19.4 Å². The van der Waals surface area contributed by atoms with Crippen molar-refractivity contribution in [1.29, 1.82) is 0 Å². The molecule has 9 rings (SSSR count). The minimum atomic E-state index is -0.852. The number of hydrogen-bond acceptors (Lipinski definition) is 10. The third-order valence-electron chi connectivity index (χ3n) is 11.7. The van der Waals surface area contributed by atoms with Crippen LogP contribution in [0.2, 0.25) is 4.82 Å². The van der Waals surface area contributed by atoms with Crippen LogP contribution in [0.15, 0.2) is 182 Å². The van der Waals surface area contributed by atoms with Crippen LogP contribution in [0.4, 0.5) is 0 Å². The molecule has 0 saturated carbocycles. The van der Waals surface area contributed by atoms with Gasteiger partial charge in [-0.1, -0.05) is 0 Å². The molecule has 3 aliphatic heterocycles. The quantitative estimate of drug-likeness (QED) is 0.0739. The molecule has 65 heavy (non-hydrogen) atoms. The van der Waals surface area contributed by atoms with Gasteiger partial charge in [0.1, 0.15) is 0 Å². The van der Waals surface area contributed by atoms with Gasteiger partial charge < -0.3 is 0 Å². The van der Waals surface area contributed by atoms with E-state index in [0.717, 1.165) is 32.3 Å². The number of methoxy groups -OCH3 is 1. The van der Waals surface area contributed by atoms with Crippen molar-refractivity contribution in [3.63, 3.8) is 0 Å². The first-order valence-corrected chi connectivity index (χ1v) is 24.1. The van der Waals surface area contributed by atoms with E-state index in [2.05, 4.69) is 60.7 Å². The van der Waals surface area contributed by atoms with Gasteiger partial charge in [0.15, 0.2) is 0 Å². The van der Waals surface area contributed by atoms with Gasteiger partial charge in [-0.05, 0) is 0 Å². The van der Waals surface area contributed by atoms with Crippen LogP contribution in [0.25, 0.3) is 0 Å². The van der Waals surface area contributed by atoms with Crippen molar-refractivity contribution in [3.05, 3.63) is 210 Å². The van der Waals surface area contributed by atoms with Gasteiger partial charge in [-0.2, -0.15) is 0 Å². The van der Waals surface area contributed by atoms with Gasteiger partial charge in [0.25, 0.3) is 0 Å². The molecule has 6 aromatic rings. The van der Waals surface area contributed by atoms with Crippen LogP contribution >= 0.6 is 0 Å². The fourth-order valence-electron chi connectivity index (χ4n) is 8.47. The number of fused-ring (bicyclic) bond motifs is 1. The van der Waals surface area contributed by atoms with E-state index in [1.54, 1.807) is 7.11 Å². The monoisotopic (exact) mass is 944 g/mol. The SMILES string of the molecule is CO[C@H]1O[C@@H]2CO[C@@H](c3ccccc3)O[C@H]2[C@H](OCc2ccccc2)[C@H]1O[C@H]1O[C@H](COCc2ccccc2)[C@@H](OCc2ccccc2)[C@H](OCc2ccccc2)[C@@H]1[Se]c1ccccc1. The average Bonchev–Trinajstić information content (AvgIpc) is 3.37. The van der Waals surface area contributed by atoms with Gasteiger partial charge in [-0.25, -0.2) is 0 Å². The molecule has 0 bridgehead atoms. The molecule has 0 unspecified atom stereocenters. The average molecular weight is 944 g/mol. The summed E-state index contributed by atoms with van der Waals surface area (Å²) in [6.45, 7) is 1.91. The molecule has 11 heteroatoms. The van der Waals surface area contributed by atoms with E-state index in [0.29, 0.717) is 26.4 Å². The third-order valence-corrected chi connectivity index (χ3v) is 14.5. The van der Waals surface area contributed by atoms with Crippen LogP contribution < -0.4 is 4.46 Å². The molecule has 3 fully saturated rings. The number of benzene rings is 6. The summed E-state index contributed by atoms with van der Waals surface area (Å²) in [4.78, 5) is -0.322. The second kappa shape index (κ2) is 23.3. The fourth-order valence-corrected chi connectivity index (χ4v) is 11.1. The minimum absolute atomic E-state index is 0.219. The van der Waals surface area contributed by atoms with Crippen molar-refractivity contribution in [2.75, 3.05) is 20.3 Å². The summed E-state index contributed by atoms with van der Waals surface area (Å²) in [5, 5.41) is 0. The predicted octanol–water partition coefficient (Wildman–Crippen LogP) is 8.37. The molecule has 11 atom stereocenters. The first-order chi connectivity index (χ1) is 32.2. The van der Waals surface area contributed by atoms with Crippen molar-refractivity contribution in [2.24, 2.45) is 0 Å². The Morgan fingerprint density at radius 3 is 1.54 bits per heavy atom. The van der Waals surface area contributed by atoms with E-state index in [4.69, 9.17) is 47.4 Å². The van der Waals surface area contributed by atoms with Crippen LogP contribution in [0, 0.1) is 0 Å². The third kappa shape index (κ3) is 12.1. The van der Waals surface area contributed by atoms with Crippen LogP contribution in [-0.2, 0) is 73.8 Å². The maximum atomic E-state index is 7.41. The van der Waals surface area contributed by atoms with E-state index in [1.165, 1.54) is 0 Å². The summed E-state index contributed by atoms with van der Waals surface area (Å²) >= 11 is -0.244. The Kier molecular flexibility index (Phi) is 16.3. The topological polar surface area (TPSA) is 92.3 Å². The molecular weight excluding hydrogens is 888 g/mol. The van der Waals surface area contributed by atoms with Crippen LogP contribution in [0.1, 0.15) is 34.1 Å². The Hall–Kier alpha value is -4.56. The normalized spacial score (nSPS) is 27.7. The van der Waals surface area contributed by atoms with Gasteiger partial charge in [0, 0.05) is 0 Å². The molecule has 0 radical (unpaired) electrons. The summed E-state index contributed by atoms with van der Waals surface area (Å²) in [6, 6.07) is 61.0. The summed E-state index contributed by atoms with van der Waals surface area (Å²) in [5.41, 5.74) is 5.06. The Morgan fingerprint density at radius 1 is 0.492 bits per heavy atom. The molecule has 0 spiro atoms. The maximum absolute atomic E-state index is 7.41. The van der Waals surface area contributed by atoms with Crippen molar-refractivity contribution < 1.29 is 47.4 Å². The second-order valence-corrected chi connectivity index (χ2v) is 18.9. The zero-order valence-electron chi connectivity index (χ0n) is 36.4. The molecule has 0 aromatic heterocycles. The summed E-state index contributed by atoms with van der Waals surface area (Å²) < 4.78 is 69.3. The Balaban J connectivity index is 1.08. The standard InChI is InChI=1S/C54H56O10Se/c1-55-53-50(48(58-34-40-24-12-4-13-25-40)47-45(61-53)37-60-52(63-47)42-28-16-6-17-29-42)64-54-51(65-43-30-18-7-19-31-43)49(59-35-41-26-14-5-15-27-41)46(57-33-39-22-10-3-11-23-39)44(62-54)36-56-32-38-20-8-2-9-21-38/h2-31,44-54H,32-37H2,1H3/t44-,45-,46-,47-,48+,49+,50-,51+,52-,53+,54-/m1/s1. The molecule has 3 heterocycles. The van der Waals surface area contributed by atoms with Gasteiger partial charge in [0.2, 0.25) is 0 Å². The number of rotatable bonds is 19. The van der Waals surface area contributed by atoms with Gasteiger partial charge in [-0.15, -0.1) is 0 Å². The number of hydrogen-bond donors (Lipinski definition) is 0. The number of ether oxygens (including phenoxy) is 10. The zero-order valence-corrected chi connectivity index (χ0v) is 38.1. The van der Waals surface area contributed by atoms with E-state index in [-0.39, 0.29) is 33.0 Å². The first-order valence-electron chi connectivity index (χ1n) is 22.3. The van der Waals surface area contributed by atoms with Gasteiger partial charge in [0.05, 0.1) is 0 Å². The molecule has 10 nitrogen and oxygen atoms in total. The van der Waals surface area contributed by atoms with E-state index >= 15 is 0 Å². The van der Waals surface area contributed by atoms with Crippen molar-refractivity contribution in [3.8, 4) is 0 Å². The Morgan fingerprint density at radius 2 is 0.985 bits per heavy atom. The van der Waals surface area contributed by atoms with Crippen molar-refractivity contribution in [2.45, 2.75) is 92.8 Å². The summed E-state index contributed by atoms with van der Waals surface area (Å²) in [5.74, 6) is 0. The predicted molar refractivity (Wildman–Crippen MR) is 246 cm³/mol. The zero-order chi connectivity index (χ0) is 44.0. The first kappa shape index (κ1) is 45.6. The Labute approximate surface area is 388 Å². The van der Waals surface area contributed by atoms with Crippen molar-refractivity contribution in [1.82, 2.24) is 0 Å². The van der Waals surface area contributed by atoms with Gasteiger partial charge >= 0.3 is 390 Å². The van der Waals surface area contributed by atoms with E-state index in [9.17, 15) is 0 Å². The van der Waals surface area contributed by atoms with Crippen LogP contribution in [-0.4, -0.2) is 90.6 Å². The summed E-state index contributed by atoms with van der Waals surface area (Å²) in [6.07, 6.45) is -6.48. The molecule has 6 aromatic carbocycles. The summed E-state index contributed by atoms with van der Waals surface area (Å²) in [7, 11) is 1.62. The molecule has 338 valence electrons. The Bertz CT molecular complexity index is 2260. The van der Waals surface area contributed by atoms with Gasteiger partial charge in [-0.3, -0.25) is 0 Å². The van der Waals surface area contributed by atoms with E-state index < -0.39 is 61.6 Å². The molecule has 3 saturated heterocycles. The molecular formula is C54H56O10Se. The molecule has 0 amide bonds.